The molecule has 0 radical (unpaired) electrons. The highest BCUT2D eigenvalue weighted by atomic mass is 16.5. The van der Waals surface area contributed by atoms with Crippen LogP contribution in [0.2, 0.25) is 0 Å². The molecule has 0 saturated carbocycles. The maximum atomic E-state index is 10.4. The van der Waals surface area contributed by atoms with Gasteiger partial charge in [0, 0.05) is 6.20 Å². The SMILES string of the molecule is O=C(O)c1ncccc1[13C](=O)O. The summed E-state index contributed by atoms with van der Waals surface area (Å²) in [6.45, 7) is 0. The fourth-order valence-electron chi connectivity index (χ4n) is 0.748. The van der Waals surface area contributed by atoms with Crippen LogP contribution in [0.15, 0.2) is 18.3 Å². The molecule has 1 aromatic rings. The van der Waals surface area contributed by atoms with Gasteiger partial charge in [0.05, 0.1) is 5.56 Å². The standard InChI is InChI=1S/C7H5NO4/c9-6(10)4-2-1-3-8-5(4)7(11)12/h1-3H,(H,9,10)(H,11,12)/i6+1. The highest BCUT2D eigenvalue weighted by molar-refractivity contribution is 5.99. The molecule has 0 saturated heterocycles. The summed E-state index contributed by atoms with van der Waals surface area (Å²) in [5, 5.41) is 17.0. The van der Waals surface area contributed by atoms with Crippen LogP contribution in [-0.4, -0.2) is 27.1 Å². The molecule has 5 heteroatoms. The van der Waals surface area contributed by atoms with Crippen molar-refractivity contribution < 1.29 is 19.8 Å². The highest BCUT2D eigenvalue weighted by Gasteiger charge is 2.15. The van der Waals surface area contributed by atoms with Gasteiger partial charge in [-0.3, -0.25) is 0 Å². The number of carboxylic acid groups (broad SMARTS) is 2. The van der Waals surface area contributed by atoms with Crippen LogP contribution in [0.25, 0.3) is 0 Å². The quantitative estimate of drug-likeness (QED) is 0.627. The van der Waals surface area contributed by atoms with Crippen LogP contribution in [0.5, 0.6) is 0 Å². The molecule has 62 valence electrons. The molecule has 0 atom stereocenters. The molecule has 2 N–H and O–H groups in total. The second-order valence-corrected chi connectivity index (χ2v) is 2.01. The molecule has 1 heterocycles. The van der Waals surface area contributed by atoms with Crippen LogP contribution < -0.4 is 0 Å². The fraction of sp³-hybridized carbons (Fsp3) is 0. The summed E-state index contributed by atoms with van der Waals surface area (Å²) in [7, 11) is 0. The fourth-order valence-corrected chi connectivity index (χ4v) is 0.748. The van der Waals surface area contributed by atoms with Gasteiger partial charge in [0.25, 0.3) is 0 Å². The molecule has 0 amide bonds. The lowest BCUT2D eigenvalue weighted by molar-refractivity contribution is 0.0646. The number of rotatable bonds is 2. The number of aromatic nitrogens is 1. The van der Waals surface area contributed by atoms with Gasteiger partial charge in [-0.1, -0.05) is 0 Å². The summed E-state index contributed by atoms with van der Waals surface area (Å²) in [5.74, 6) is -2.63. The van der Waals surface area contributed by atoms with Crippen LogP contribution in [0.4, 0.5) is 0 Å². The number of aromatic carboxylic acids is 2. The topological polar surface area (TPSA) is 87.5 Å². The van der Waals surface area contributed by atoms with Crippen molar-refractivity contribution in [2.24, 2.45) is 0 Å². The molecule has 5 nitrogen and oxygen atoms in total. The molecular formula is C7H5NO4. The Labute approximate surface area is 67.3 Å². The van der Waals surface area contributed by atoms with E-state index in [1.807, 2.05) is 0 Å². The molecule has 1 rings (SSSR count). The van der Waals surface area contributed by atoms with Gasteiger partial charge in [-0.25, -0.2) is 14.6 Å². The van der Waals surface area contributed by atoms with Crippen molar-refractivity contribution in [3.05, 3.63) is 29.6 Å². The van der Waals surface area contributed by atoms with Crippen molar-refractivity contribution in [2.45, 2.75) is 0 Å². The van der Waals surface area contributed by atoms with Crippen LogP contribution in [-0.2, 0) is 0 Å². The van der Waals surface area contributed by atoms with Gasteiger partial charge in [0.15, 0.2) is 5.69 Å². The minimum absolute atomic E-state index is 0.301. The number of carboxylic acids is 2. The van der Waals surface area contributed by atoms with Crippen LogP contribution >= 0.6 is 0 Å². The lowest BCUT2D eigenvalue weighted by atomic mass is 10.3. The van der Waals surface area contributed by atoms with E-state index in [-0.39, 0.29) is 5.56 Å². The second kappa shape index (κ2) is 3.00. The van der Waals surface area contributed by atoms with E-state index in [4.69, 9.17) is 10.2 Å². The Morgan fingerprint density at radius 1 is 1.25 bits per heavy atom. The summed E-state index contributed by atoms with van der Waals surface area (Å²) >= 11 is 0. The molecule has 0 bridgehead atoms. The Bertz CT molecular complexity index is 301. The predicted molar refractivity (Wildman–Crippen MR) is 38.2 cm³/mol. The first-order chi connectivity index (χ1) is 5.63. The Morgan fingerprint density at radius 2 is 1.92 bits per heavy atom. The summed E-state index contributed by atoms with van der Waals surface area (Å²) in [5.41, 5.74) is -0.741. The van der Waals surface area contributed by atoms with Gasteiger partial charge < -0.3 is 10.2 Å². The number of carbonyl (C=O) groups is 2. The Hall–Kier alpha value is -1.91. The first kappa shape index (κ1) is 8.19. The van der Waals surface area contributed by atoms with E-state index in [1.54, 1.807) is 0 Å². The first-order valence-corrected chi connectivity index (χ1v) is 3.04. The molecular weight excluding hydrogens is 163 g/mol. The maximum absolute atomic E-state index is 10.4. The number of hydrogen-bond donors (Lipinski definition) is 2. The van der Waals surface area contributed by atoms with Gasteiger partial charge in [0.2, 0.25) is 0 Å². The van der Waals surface area contributed by atoms with Crippen LogP contribution in [0.1, 0.15) is 20.8 Å². The van der Waals surface area contributed by atoms with Gasteiger partial charge >= 0.3 is 11.9 Å². The van der Waals surface area contributed by atoms with Gasteiger partial charge in [-0.15, -0.1) is 0 Å². The zero-order valence-electron chi connectivity index (χ0n) is 5.89. The molecule has 0 aliphatic carbocycles. The van der Waals surface area contributed by atoms with E-state index in [9.17, 15) is 9.59 Å². The lowest BCUT2D eigenvalue weighted by Crippen LogP contribution is -2.09. The summed E-state index contributed by atoms with van der Waals surface area (Å²) in [6.07, 6.45) is 1.23. The third-order valence-corrected chi connectivity index (χ3v) is 1.24. The van der Waals surface area contributed by atoms with Gasteiger partial charge in [-0.2, -0.15) is 0 Å². The Balaban J connectivity index is 3.27. The lowest BCUT2D eigenvalue weighted by Gasteiger charge is -1.97. The highest BCUT2D eigenvalue weighted by Crippen LogP contribution is 2.04. The van der Waals surface area contributed by atoms with Crippen molar-refractivity contribution in [3.63, 3.8) is 0 Å². The Morgan fingerprint density at radius 3 is 2.33 bits per heavy atom. The van der Waals surface area contributed by atoms with E-state index < -0.39 is 17.6 Å². The number of hydrogen-bond acceptors (Lipinski definition) is 3. The average molecular weight is 168 g/mol. The molecule has 0 spiro atoms. The van der Waals surface area contributed by atoms with Crippen molar-refractivity contribution in [1.82, 2.24) is 4.98 Å². The van der Waals surface area contributed by atoms with E-state index >= 15 is 0 Å². The monoisotopic (exact) mass is 168 g/mol. The Kier molecular flexibility index (Phi) is 2.05. The summed E-state index contributed by atoms with van der Waals surface area (Å²) in [4.78, 5) is 24.2. The summed E-state index contributed by atoms with van der Waals surface area (Å²) in [6, 6.07) is 2.56. The van der Waals surface area contributed by atoms with Crippen LogP contribution in [0, 0.1) is 0 Å². The smallest absolute Gasteiger partial charge is 0.355 e. The largest absolute Gasteiger partial charge is 0.478 e. The van der Waals surface area contributed by atoms with E-state index in [0.717, 1.165) is 0 Å². The van der Waals surface area contributed by atoms with E-state index in [0.29, 0.717) is 0 Å². The van der Waals surface area contributed by atoms with Crippen molar-refractivity contribution in [3.8, 4) is 0 Å². The first-order valence-electron chi connectivity index (χ1n) is 3.04. The second-order valence-electron chi connectivity index (χ2n) is 2.01. The molecule has 0 aliphatic heterocycles. The van der Waals surface area contributed by atoms with Crippen molar-refractivity contribution in [1.29, 1.82) is 0 Å². The van der Waals surface area contributed by atoms with Crippen molar-refractivity contribution in [2.75, 3.05) is 0 Å². The molecule has 1 aromatic heterocycles. The number of pyridine rings is 1. The predicted octanol–water partition coefficient (Wildman–Crippen LogP) is 0.478. The van der Waals surface area contributed by atoms with Gasteiger partial charge in [0.1, 0.15) is 0 Å². The molecule has 0 aliphatic rings. The summed E-state index contributed by atoms with van der Waals surface area (Å²) < 4.78 is 0. The molecule has 0 unspecified atom stereocenters. The van der Waals surface area contributed by atoms with E-state index in [1.165, 1.54) is 18.3 Å². The maximum Gasteiger partial charge on any atom is 0.355 e. The molecule has 12 heavy (non-hydrogen) atoms. The van der Waals surface area contributed by atoms with Gasteiger partial charge in [-0.05, 0) is 12.1 Å². The zero-order chi connectivity index (χ0) is 9.14. The molecule has 0 fully saturated rings. The average Bonchev–Trinajstić information content (AvgIpc) is 2.04. The van der Waals surface area contributed by atoms with Crippen LogP contribution in [0.3, 0.4) is 0 Å². The third-order valence-electron chi connectivity index (χ3n) is 1.24. The minimum atomic E-state index is -1.34. The number of nitrogens with zero attached hydrogens (tertiary/aromatic N) is 1. The normalized spacial score (nSPS) is 9.33. The molecule has 0 aromatic carbocycles. The van der Waals surface area contributed by atoms with Crippen molar-refractivity contribution >= 4 is 11.9 Å². The zero-order valence-corrected chi connectivity index (χ0v) is 5.89. The third kappa shape index (κ3) is 1.39. The van der Waals surface area contributed by atoms with E-state index in [2.05, 4.69) is 4.98 Å². The minimum Gasteiger partial charge on any atom is -0.478 e.